The third-order valence-corrected chi connectivity index (χ3v) is 6.62. The normalized spacial score (nSPS) is 11.2. The van der Waals surface area contributed by atoms with Crippen LogP contribution in [0.3, 0.4) is 0 Å². The number of rotatable bonds is 9. The molecule has 1 amide bonds. The van der Waals surface area contributed by atoms with Crippen LogP contribution in [-0.2, 0) is 21.2 Å². The number of anilines is 1. The second-order valence-electron chi connectivity index (χ2n) is 6.88. The quantitative estimate of drug-likeness (QED) is 0.480. The van der Waals surface area contributed by atoms with E-state index in [-0.39, 0.29) is 17.3 Å². The third kappa shape index (κ3) is 6.29. The summed E-state index contributed by atoms with van der Waals surface area (Å²) in [6.45, 7) is -0.0148. The first-order valence-electron chi connectivity index (χ1n) is 9.71. The van der Waals surface area contributed by atoms with E-state index in [1.54, 1.807) is 48.5 Å². The van der Waals surface area contributed by atoms with Crippen molar-refractivity contribution in [1.29, 1.82) is 0 Å². The van der Waals surface area contributed by atoms with Crippen LogP contribution in [0.5, 0.6) is 0 Å². The molecular formula is C23H22ClFN2O3S. The van der Waals surface area contributed by atoms with Crippen LogP contribution >= 0.6 is 11.6 Å². The SMILES string of the molecule is O=C(CN(c1cccc(Cl)c1)S(=O)(=O)c1ccccc1)NCCCc1ccc(F)cc1. The van der Waals surface area contributed by atoms with Crippen molar-refractivity contribution in [3.05, 3.63) is 95.3 Å². The molecule has 0 heterocycles. The molecule has 5 nitrogen and oxygen atoms in total. The number of hydrogen-bond donors (Lipinski definition) is 1. The fourth-order valence-electron chi connectivity index (χ4n) is 3.02. The number of halogens is 2. The second-order valence-corrected chi connectivity index (χ2v) is 9.18. The zero-order chi connectivity index (χ0) is 22.3. The molecule has 0 unspecified atom stereocenters. The lowest BCUT2D eigenvalue weighted by Gasteiger charge is -2.24. The zero-order valence-corrected chi connectivity index (χ0v) is 18.2. The zero-order valence-electron chi connectivity index (χ0n) is 16.7. The molecule has 0 saturated carbocycles. The molecule has 3 aromatic carbocycles. The lowest BCUT2D eigenvalue weighted by atomic mass is 10.1. The Hall–Kier alpha value is -2.90. The minimum atomic E-state index is -3.97. The average Bonchev–Trinajstić information content (AvgIpc) is 2.77. The highest BCUT2D eigenvalue weighted by Crippen LogP contribution is 2.25. The van der Waals surface area contributed by atoms with Crippen molar-refractivity contribution in [2.45, 2.75) is 17.7 Å². The molecule has 0 bridgehead atoms. The van der Waals surface area contributed by atoms with Crippen LogP contribution in [-0.4, -0.2) is 27.4 Å². The van der Waals surface area contributed by atoms with Gasteiger partial charge in [0.05, 0.1) is 10.6 Å². The summed E-state index contributed by atoms with van der Waals surface area (Å²) in [5, 5.41) is 3.12. The molecule has 0 atom stereocenters. The van der Waals surface area contributed by atoms with E-state index >= 15 is 0 Å². The lowest BCUT2D eigenvalue weighted by Crippen LogP contribution is -2.41. The molecule has 31 heavy (non-hydrogen) atoms. The Kier molecular flexibility index (Phi) is 7.65. The van der Waals surface area contributed by atoms with Crippen LogP contribution in [0.15, 0.2) is 83.8 Å². The van der Waals surface area contributed by atoms with Gasteiger partial charge in [-0.3, -0.25) is 9.10 Å². The van der Waals surface area contributed by atoms with Gasteiger partial charge in [-0.2, -0.15) is 0 Å². The van der Waals surface area contributed by atoms with Gasteiger partial charge in [-0.15, -0.1) is 0 Å². The van der Waals surface area contributed by atoms with Crippen molar-refractivity contribution in [2.75, 3.05) is 17.4 Å². The van der Waals surface area contributed by atoms with E-state index < -0.39 is 15.9 Å². The van der Waals surface area contributed by atoms with Gasteiger partial charge < -0.3 is 5.32 Å². The highest BCUT2D eigenvalue weighted by molar-refractivity contribution is 7.92. The molecule has 0 aliphatic heterocycles. The van der Waals surface area contributed by atoms with Crippen LogP contribution in [0.4, 0.5) is 10.1 Å². The maximum Gasteiger partial charge on any atom is 0.264 e. The number of nitrogens with zero attached hydrogens (tertiary/aromatic N) is 1. The molecule has 0 spiro atoms. The minimum absolute atomic E-state index is 0.0825. The van der Waals surface area contributed by atoms with Crippen LogP contribution < -0.4 is 9.62 Å². The van der Waals surface area contributed by atoms with Gasteiger partial charge in [-0.05, 0) is 60.9 Å². The molecule has 1 N–H and O–H groups in total. The fraction of sp³-hybridized carbons (Fsp3) is 0.174. The summed E-state index contributed by atoms with van der Waals surface area (Å²) in [6, 6.07) is 20.5. The van der Waals surface area contributed by atoms with E-state index in [1.807, 2.05) is 0 Å². The number of carbonyl (C=O) groups is 1. The Morgan fingerprint density at radius 2 is 1.68 bits per heavy atom. The highest BCUT2D eigenvalue weighted by atomic mass is 35.5. The van der Waals surface area contributed by atoms with Gasteiger partial charge in [-0.1, -0.05) is 48.0 Å². The van der Waals surface area contributed by atoms with Gasteiger partial charge >= 0.3 is 0 Å². The Morgan fingerprint density at radius 1 is 0.968 bits per heavy atom. The predicted molar refractivity (Wildman–Crippen MR) is 120 cm³/mol. The molecule has 3 aromatic rings. The van der Waals surface area contributed by atoms with E-state index in [2.05, 4.69) is 5.32 Å². The number of aryl methyl sites for hydroxylation is 1. The van der Waals surface area contributed by atoms with Crippen molar-refractivity contribution in [3.63, 3.8) is 0 Å². The maximum absolute atomic E-state index is 13.2. The van der Waals surface area contributed by atoms with E-state index in [0.717, 1.165) is 9.87 Å². The lowest BCUT2D eigenvalue weighted by molar-refractivity contribution is -0.119. The minimum Gasteiger partial charge on any atom is -0.355 e. The molecule has 0 aromatic heterocycles. The van der Waals surface area contributed by atoms with Gasteiger partial charge in [0.25, 0.3) is 10.0 Å². The van der Waals surface area contributed by atoms with Gasteiger partial charge in [-0.25, -0.2) is 12.8 Å². The standard InChI is InChI=1S/C23H22ClFN2O3S/c24-19-7-4-8-21(16-19)27(31(29,30)22-9-2-1-3-10-22)17-23(28)26-15-5-6-18-11-13-20(25)14-12-18/h1-4,7-14,16H,5-6,15,17H2,(H,26,28). The number of nitrogens with one attached hydrogen (secondary N) is 1. The smallest absolute Gasteiger partial charge is 0.264 e. The first-order chi connectivity index (χ1) is 14.9. The van der Waals surface area contributed by atoms with E-state index in [0.29, 0.717) is 30.1 Å². The molecular weight excluding hydrogens is 439 g/mol. The number of sulfonamides is 1. The number of amides is 1. The summed E-state index contributed by atoms with van der Waals surface area (Å²) in [5.41, 5.74) is 1.26. The van der Waals surface area contributed by atoms with E-state index in [4.69, 9.17) is 11.6 Å². The molecule has 0 aliphatic carbocycles. The summed E-state index contributed by atoms with van der Waals surface area (Å²) in [6.07, 6.45) is 1.31. The molecule has 8 heteroatoms. The topological polar surface area (TPSA) is 66.5 Å². The number of benzene rings is 3. The Bertz CT molecular complexity index is 1120. The summed E-state index contributed by atoms with van der Waals surface area (Å²) < 4.78 is 40.4. The largest absolute Gasteiger partial charge is 0.355 e. The van der Waals surface area contributed by atoms with Crippen molar-refractivity contribution in [2.24, 2.45) is 0 Å². The van der Waals surface area contributed by atoms with Crippen molar-refractivity contribution in [3.8, 4) is 0 Å². The first kappa shape index (κ1) is 22.8. The van der Waals surface area contributed by atoms with Gasteiger partial charge in [0, 0.05) is 11.6 Å². The Balaban J connectivity index is 1.68. The Labute approximate surface area is 186 Å². The Morgan fingerprint density at radius 3 is 2.35 bits per heavy atom. The van der Waals surface area contributed by atoms with Crippen LogP contribution in [0, 0.1) is 5.82 Å². The van der Waals surface area contributed by atoms with Crippen molar-refractivity contribution >= 4 is 33.2 Å². The van der Waals surface area contributed by atoms with Crippen LogP contribution in [0.25, 0.3) is 0 Å². The summed E-state index contributed by atoms with van der Waals surface area (Å²) in [5.74, 6) is -0.726. The van der Waals surface area contributed by atoms with Crippen molar-refractivity contribution < 1.29 is 17.6 Å². The van der Waals surface area contributed by atoms with Gasteiger partial charge in [0.1, 0.15) is 12.4 Å². The summed E-state index contributed by atoms with van der Waals surface area (Å²) in [4.78, 5) is 12.6. The molecule has 0 fully saturated rings. The summed E-state index contributed by atoms with van der Waals surface area (Å²) in [7, 11) is -3.97. The predicted octanol–water partition coefficient (Wildman–Crippen LogP) is 4.42. The number of hydrogen-bond acceptors (Lipinski definition) is 3. The van der Waals surface area contributed by atoms with E-state index in [1.165, 1.54) is 30.3 Å². The van der Waals surface area contributed by atoms with Crippen LogP contribution in [0.2, 0.25) is 5.02 Å². The maximum atomic E-state index is 13.2. The highest BCUT2D eigenvalue weighted by Gasteiger charge is 2.27. The molecule has 0 radical (unpaired) electrons. The molecule has 162 valence electrons. The van der Waals surface area contributed by atoms with E-state index in [9.17, 15) is 17.6 Å². The van der Waals surface area contributed by atoms with Gasteiger partial charge in [0.2, 0.25) is 5.91 Å². The van der Waals surface area contributed by atoms with Gasteiger partial charge in [0.15, 0.2) is 0 Å². The molecule has 0 saturated heterocycles. The fourth-order valence-corrected chi connectivity index (χ4v) is 4.64. The monoisotopic (exact) mass is 460 g/mol. The third-order valence-electron chi connectivity index (χ3n) is 4.59. The first-order valence-corrected chi connectivity index (χ1v) is 11.5. The molecule has 0 aliphatic rings. The summed E-state index contributed by atoms with van der Waals surface area (Å²) >= 11 is 6.05. The second kappa shape index (κ2) is 10.4. The van der Waals surface area contributed by atoms with Crippen LogP contribution in [0.1, 0.15) is 12.0 Å². The molecule has 3 rings (SSSR count). The van der Waals surface area contributed by atoms with Crippen molar-refractivity contribution in [1.82, 2.24) is 5.32 Å². The number of carbonyl (C=O) groups excluding carboxylic acids is 1. The average molecular weight is 461 g/mol.